The van der Waals surface area contributed by atoms with Crippen molar-refractivity contribution in [3.8, 4) is 0 Å². The van der Waals surface area contributed by atoms with Gasteiger partial charge in [0.05, 0.1) is 0 Å². The monoisotopic (exact) mass is 309 g/mol. The lowest BCUT2D eigenvalue weighted by Crippen LogP contribution is -2.33. The molecule has 0 aromatic carbocycles. The lowest BCUT2D eigenvalue weighted by atomic mass is 10.3. The third-order valence-corrected chi connectivity index (χ3v) is 3.92. The number of anilines is 2. The predicted octanol–water partition coefficient (Wildman–Crippen LogP) is 0.555. The molecule has 1 fully saturated rings. The first kappa shape index (κ1) is 14.9. The molecule has 2 heterocycles. The molecule has 0 bridgehead atoms. The number of nitrogens with two attached hydrogens (primary N) is 2. The molecular formula is C10H14F3N5OS. The topological polar surface area (TPSA) is 97.3 Å². The second-order valence-electron chi connectivity index (χ2n) is 4.50. The van der Waals surface area contributed by atoms with E-state index in [0.29, 0.717) is 18.2 Å². The zero-order valence-electron chi connectivity index (χ0n) is 10.4. The Morgan fingerprint density at radius 3 is 2.80 bits per heavy atom. The fraction of sp³-hybridized carbons (Fsp3) is 0.600. The number of amides is 1. The molecule has 1 saturated heterocycles. The standard InChI is InChI=1S/C10H14F3N5OS/c11-10(12,13)4-16-8(19)6-7(15)17-9(20-6)18-2-1-5(14)3-18/h5H,1-4,14-15H2,(H,16,19). The van der Waals surface area contributed by atoms with E-state index in [-0.39, 0.29) is 16.7 Å². The molecule has 0 radical (unpaired) electrons. The van der Waals surface area contributed by atoms with Gasteiger partial charge in [0.1, 0.15) is 17.2 Å². The Balaban J connectivity index is 2.05. The number of nitrogens with zero attached hydrogens (tertiary/aromatic N) is 2. The molecule has 1 aliphatic rings. The first-order valence-corrected chi connectivity index (χ1v) is 6.69. The molecule has 1 atom stereocenters. The van der Waals surface area contributed by atoms with Crippen LogP contribution in [0.1, 0.15) is 16.1 Å². The number of hydrogen-bond acceptors (Lipinski definition) is 6. The average molecular weight is 309 g/mol. The number of alkyl halides is 3. The Morgan fingerprint density at radius 2 is 2.25 bits per heavy atom. The van der Waals surface area contributed by atoms with Gasteiger partial charge in [-0.25, -0.2) is 4.98 Å². The third-order valence-electron chi connectivity index (χ3n) is 2.79. The summed E-state index contributed by atoms with van der Waals surface area (Å²) in [7, 11) is 0. The molecule has 6 nitrogen and oxygen atoms in total. The molecule has 1 aliphatic heterocycles. The molecule has 1 aromatic heterocycles. The van der Waals surface area contributed by atoms with Gasteiger partial charge in [-0.2, -0.15) is 13.2 Å². The van der Waals surface area contributed by atoms with Crippen LogP contribution in [-0.4, -0.2) is 42.7 Å². The molecule has 1 aromatic rings. The van der Waals surface area contributed by atoms with Crippen molar-refractivity contribution in [1.82, 2.24) is 10.3 Å². The minimum atomic E-state index is -4.46. The second kappa shape index (κ2) is 5.44. The van der Waals surface area contributed by atoms with Gasteiger partial charge in [-0.05, 0) is 6.42 Å². The highest BCUT2D eigenvalue weighted by Gasteiger charge is 2.30. The first-order valence-electron chi connectivity index (χ1n) is 5.88. The van der Waals surface area contributed by atoms with E-state index in [1.165, 1.54) is 0 Å². The highest BCUT2D eigenvalue weighted by Crippen LogP contribution is 2.30. The summed E-state index contributed by atoms with van der Waals surface area (Å²) in [6.45, 7) is -0.110. The molecule has 5 N–H and O–H groups in total. The molecule has 0 saturated carbocycles. The van der Waals surface area contributed by atoms with Gasteiger partial charge < -0.3 is 21.7 Å². The van der Waals surface area contributed by atoms with Gasteiger partial charge in [0, 0.05) is 19.1 Å². The number of aromatic nitrogens is 1. The normalized spacial score (nSPS) is 19.4. The number of hydrogen-bond donors (Lipinski definition) is 3. The van der Waals surface area contributed by atoms with Crippen molar-refractivity contribution < 1.29 is 18.0 Å². The second-order valence-corrected chi connectivity index (χ2v) is 5.48. The molecule has 20 heavy (non-hydrogen) atoms. The van der Waals surface area contributed by atoms with E-state index in [4.69, 9.17) is 11.5 Å². The van der Waals surface area contributed by atoms with Crippen LogP contribution >= 0.6 is 11.3 Å². The minimum absolute atomic E-state index is 0.00952. The van der Waals surface area contributed by atoms with Crippen LogP contribution in [0.3, 0.4) is 0 Å². The summed E-state index contributed by atoms with van der Waals surface area (Å²) >= 11 is 0.972. The van der Waals surface area contributed by atoms with Gasteiger partial charge in [-0.15, -0.1) is 0 Å². The van der Waals surface area contributed by atoms with Crippen LogP contribution in [0, 0.1) is 0 Å². The van der Waals surface area contributed by atoms with E-state index < -0.39 is 18.6 Å². The summed E-state index contributed by atoms with van der Waals surface area (Å²) in [6, 6.07) is 0.0302. The van der Waals surface area contributed by atoms with Gasteiger partial charge in [0.25, 0.3) is 5.91 Å². The zero-order valence-corrected chi connectivity index (χ0v) is 11.2. The van der Waals surface area contributed by atoms with E-state index in [2.05, 4.69) is 4.98 Å². The molecule has 1 amide bonds. The summed E-state index contributed by atoms with van der Waals surface area (Å²) in [5, 5.41) is 2.28. The molecule has 112 valence electrons. The lowest BCUT2D eigenvalue weighted by molar-refractivity contribution is -0.123. The number of rotatable bonds is 3. The maximum atomic E-state index is 12.0. The van der Waals surface area contributed by atoms with Gasteiger partial charge in [0.2, 0.25) is 0 Å². The number of nitrogen functional groups attached to an aromatic ring is 1. The largest absolute Gasteiger partial charge is 0.405 e. The quantitative estimate of drug-likeness (QED) is 0.758. The maximum absolute atomic E-state index is 12.0. The van der Waals surface area contributed by atoms with Crippen LogP contribution in [0.5, 0.6) is 0 Å². The van der Waals surface area contributed by atoms with Gasteiger partial charge in [0.15, 0.2) is 5.13 Å². The molecule has 10 heteroatoms. The van der Waals surface area contributed by atoms with Crippen LogP contribution in [0.2, 0.25) is 0 Å². The highest BCUT2D eigenvalue weighted by molar-refractivity contribution is 7.18. The van der Waals surface area contributed by atoms with Crippen LogP contribution < -0.4 is 21.7 Å². The minimum Gasteiger partial charge on any atom is -0.382 e. The summed E-state index contributed by atoms with van der Waals surface area (Å²) in [5.74, 6) is -0.933. The van der Waals surface area contributed by atoms with E-state index in [9.17, 15) is 18.0 Å². The van der Waals surface area contributed by atoms with Crippen LogP contribution in [0.4, 0.5) is 24.1 Å². The molecule has 0 spiro atoms. The highest BCUT2D eigenvalue weighted by atomic mass is 32.1. The molecule has 2 rings (SSSR count). The Kier molecular flexibility index (Phi) is 4.04. The summed E-state index contributed by atoms with van der Waals surface area (Å²) in [5.41, 5.74) is 11.3. The van der Waals surface area contributed by atoms with Crippen LogP contribution in [0.15, 0.2) is 0 Å². The van der Waals surface area contributed by atoms with Crippen molar-refractivity contribution in [1.29, 1.82) is 0 Å². The number of thiazole rings is 1. The van der Waals surface area contributed by atoms with Crippen molar-refractivity contribution in [3.05, 3.63) is 4.88 Å². The van der Waals surface area contributed by atoms with Gasteiger partial charge >= 0.3 is 6.18 Å². The number of carbonyl (C=O) groups is 1. The zero-order chi connectivity index (χ0) is 14.9. The number of nitrogens with one attached hydrogen (secondary N) is 1. The number of halogens is 3. The Morgan fingerprint density at radius 1 is 1.55 bits per heavy atom. The number of carbonyl (C=O) groups excluding carboxylic acids is 1. The van der Waals surface area contributed by atoms with Crippen LogP contribution in [-0.2, 0) is 0 Å². The maximum Gasteiger partial charge on any atom is 0.405 e. The molecule has 1 unspecified atom stereocenters. The van der Waals surface area contributed by atoms with Crippen molar-refractivity contribution >= 4 is 28.2 Å². The SMILES string of the molecule is Nc1nc(N2CCC(N)C2)sc1C(=O)NCC(F)(F)F. The van der Waals surface area contributed by atoms with E-state index in [1.54, 1.807) is 5.32 Å². The predicted molar refractivity (Wildman–Crippen MR) is 69.7 cm³/mol. The van der Waals surface area contributed by atoms with Crippen LogP contribution in [0.25, 0.3) is 0 Å². The summed E-state index contributed by atoms with van der Waals surface area (Å²) in [4.78, 5) is 17.5. The van der Waals surface area contributed by atoms with Crippen molar-refractivity contribution in [2.45, 2.75) is 18.6 Å². The van der Waals surface area contributed by atoms with Gasteiger partial charge in [-0.1, -0.05) is 11.3 Å². The Labute approximate surface area is 116 Å². The van der Waals surface area contributed by atoms with E-state index in [0.717, 1.165) is 17.8 Å². The Bertz CT molecular complexity index is 504. The van der Waals surface area contributed by atoms with Crippen molar-refractivity contribution in [3.63, 3.8) is 0 Å². The fourth-order valence-corrected chi connectivity index (χ4v) is 2.78. The van der Waals surface area contributed by atoms with Crippen molar-refractivity contribution in [2.75, 3.05) is 30.3 Å². The smallest absolute Gasteiger partial charge is 0.382 e. The molecule has 0 aliphatic carbocycles. The van der Waals surface area contributed by atoms with Crippen molar-refractivity contribution in [2.24, 2.45) is 5.73 Å². The summed E-state index contributed by atoms with van der Waals surface area (Å²) in [6.07, 6.45) is -3.66. The van der Waals surface area contributed by atoms with Gasteiger partial charge in [-0.3, -0.25) is 4.79 Å². The van der Waals surface area contributed by atoms with E-state index in [1.807, 2.05) is 4.90 Å². The molecular weight excluding hydrogens is 295 g/mol. The Hall–Kier alpha value is -1.55. The fourth-order valence-electron chi connectivity index (χ4n) is 1.84. The lowest BCUT2D eigenvalue weighted by Gasteiger charge is -2.12. The average Bonchev–Trinajstić information content (AvgIpc) is 2.91. The third kappa shape index (κ3) is 3.51. The van der Waals surface area contributed by atoms with E-state index >= 15 is 0 Å². The first-order chi connectivity index (χ1) is 9.26. The summed E-state index contributed by atoms with van der Waals surface area (Å²) < 4.78 is 36.1.